The minimum Gasteiger partial charge on any atom is -0.480 e. The van der Waals surface area contributed by atoms with Crippen molar-refractivity contribution < 1.29 is 41.4 Å². The second-order valence-corrected chi connectivity index (χ2v) is 10.9. The van der Waals surface area contributed by atoms with Crippen LogP contribution in [0.1, 0.15) is 87.3 Å². The van der Waals surface area contributed by atoms with Crippen molar-refractivity contribution in [1.82, 2.24) is 10.6 Å². The average Bonchev–Trinajstić information content (AvgIpc) is 2.95. The van der Waals surface area contributed by atoms with Crippen LogP contribution >= 0.6 is 0 Å². The summed E-state index contributed by atoms with van der Waals surface area (Å²) in [7, 11) is 0. The Hall–Kier alpha value is -3.21. The lowest BCUT2D eigenvalue weighted by Crippen LogP contribution is -2.41. The van der Waals surface area contributed by atoms with E-state index < -0.39 is 41.5 Å². The van der Waals surface area contributed by atoms with Gasteiger partial charge in [0.1, 0.15) is 29.8 Å². The van der Waals surface area contributed by atoms with E-state index in [1.807, 2.05) is 0 Å². The molecule has 0 unspecified atom stereocenters. The first kappa shape index (κ1) is 33.3. The van der Waals surface area contributed by atoms with E-state index in [2.05, 4.69) is 10.6 Å². The normalized spacial score (nSPS) is 17.1. The number of ether oxygens (including phenoxy) is 1. The summed E-state index contributed by atoms with van der Waals surface area (Å²) in [5.41, 5.74) is -1.53. The maximum atomic E-state index is 13.6. The molecule has 2 aliphatic rings. The van der Waals surface area contributed by atoms with Crippen molar-refractivity contribution in [3.05, 3.63) is 70.8 Å². The minimum absolute atomic E-state index is 0.103. The number of aliphatic carboxylic acids is 1. The van der Waals surface area contributed by atoms with Crippen LogP contribution < -0.4 is 10.6 Å². The number of rotatable bonds is 9. The number of amides is 1. The Morgan fingerprint density at radius 1 is 0.857 bits per heavy atom. The predicted molar refractivity (Wildman–Crippen MR) is 148 cm³/mol. The number of alkyl carbamates (subject to hydrolysis) is 1. The molecule has 2 aromatic carbocycles. The number of hydrogen-bond acceptors (Lipinski definition) is 4. The predicted octanol–water partition coefficient (Wildman–Crippen LogP) is 7.54. The lowest BCUT2D eigenvalue weighted by Gasteiger charge is -2.30. The van der Waals surface area contributed by atoms with Gasteiger partial charge < -0.3 is 20.5 Å². The average molecular weight is 599 g/mol. The Bertz CT molecular complexity index is 1090. The summed E-state index contributed by atoms with van der Waals surface area (Å²) < 4.78 is 69.8. The van der Waals surface area contributed by atoms with Crippen molar-refractivity contribution in [2.24, 2.45) is 0 Å². The van der Waals surface area contributed by atoms with Crippen LogP contribution in [0.15, 0.2) is 42.5 Å². The Morgan fingerprint density at radius 3 is 1.86 bits per heavy atom. The highest BCUT2D eigenvalue weighted by Gasteiger charge is 2.38. The maximum Gasteiger partial charge on any atom is 0.422 e. The number of carboxylic acids is 1. The monoisotopic (exact) mass is 598 g/mol. The number of halogens is 5. The van der Waals surface area contributed by atoms with Crippen LogP contribution in [-0.4, -0.2) is 35.3 Å². The lowest BCUT2D eigenvalue weighted by atomic mass is 9.91. The van der Waals surface area contributed by atoms with Crippen LogP contribution in [0.4, 0.5) is 26.7 Å². The first-order valence-electron chi connectivity index (χ1n) is 14.5. The standard InChI is InChI=1S/C19H16F5NO4.C12H23N/c20-13-8-12(9-14(21)16(13)19(22,23)24)6-7-15(17(26)27)25-18(28)29-10-11-4-2-1-3-5-11;1-3-7-11(8-4-1)13-12-9-5-2-6-10-12/h1-5,8-9,15H,6-7,10H2,(H,25,28)(H,26,27);11-13H,1-10H2/t15-;/m0./s1. The Labute approximate surface area is 243 Å². The van der Waals surface area contributed by atoms with Crippen molar-refractivity contribution in [2.45, 2.75) is 108 Å². The quantitative estimate of drug-likeness (QED) is 0.260. The number of hydrogen-bond donors (Lipinski definition) is 3. The highest BCUT2D eigenvalue weighted by Crippen LogP contribution is 2.34. The summed E-state index contributed by atoms with van der Waals surface area (Å²) in [6, 6.07) is 9.83. The smallest absolute Gasteiger partial charge is 0.422 e. The van der Waals surface area contributed by atoms with Gasteiger partial charge in [0.15, 0.2) is 0 Å². The Balaban J connectivity index is 0.000000307. The third-order valence-electron chi connectivity index (χ3n) is 7.59. The van der Waals surface area contributed by atoms with Crippen LogP contribution in [0, 0.1) is 11.6 Å². The van der Waals surface area contributed by atoms with Crippen molar-refractivity contribution in [1.29, 1.82) is 0 Å². The number of aryl methyl sites for hydroxylation is 1. The fourth-order valence-electron chi connectivity index (χ4n) is 5.39. The molecule has 0 saturated heterocycles. The third-order valence-corrected chi connectivity index (χ3v) is 7.59. The molecule has 2 saturated carbocycles. The van der Waals surface area contributed by atoms with Gasteiger partial charge >= 0.3 is 18.2 Å². The number of carbonyl (C=O) groups is 2. The van der Waals surface area contributed by atoms with Crippen LogP contribution in [-0.2, 0) is 28.7 Å². The summed E-state index contributed by atoms with van der Waals surface area (Å²) in [5.74, 6) is -5.03. The zero-order chi connectivity index (χ0) is 30.5. The number of carbonyl (C=O) groups excluding carboxylic acids is 1. The molecule has 0 spiro atoms. The van der Waals surface area contributed by atoms with Gasteiger partial charge in [-0.15, -0.1) is 0 Å². The van der Waals surface area contributed by atoms with E-state index in [9.17, 15) is 36.6 Å². The summed E-state index contributed by atoms with van der Waals surface area (Å²) in [6.07, 6.45) is 7.74. The van der Waals surface area contributed by atoms with Crippen LogP contribution in [0.2, 0.25) is 0 Å². The summed E-state index contributed by atoms with van der Waals surface area (Å²) in [4.78, 5) is 23.0. The van der Waals surface area contributed by atoms with Gasteiger partial charge in [0.2, 0.25) is 0 Å². The molecule has 6 nitrogen and oxygen atoms in total. The third kappa shape index (κ3) is 11.2. The van der Waals surface area contributed by atoms with Crippen LogP contribution in [0.5, 0.6) is 0 Å². The molecule has 2 fully saturated rings. The van der Waals surface area contributed by atoms with Crippen molar-refractivity contribution in [2.75, 3.05) is 0 Å². The first-order chi connectivity index (χ1) is 20.0. The van der Waals surface area contributed by atoms with Gasteiger partial charge in [0.05, 0.1) is 0 Å². The fourth-order valence-corrected chi connectivity index (χ4v) is 5.39. The van der Waals surface area contributed by atoms with Gasteiger partial charge in [0, 0.05) is 12.1 Å². The summed E-state index contributed by atoms with van der Waals surface area (Å²) in [5, 5.41) is 15.1. The van der Waals surface area contributed by atoms with Crippen molar-refractivity contribution in [3.8, 4) is 0 Å². The van der Waals surface area contributed by atoms with Crippen LogP contribution in [0.25, 0.3) is 0 Å². The molecule has 0 bridgehead atoms. The highest BCUT2D eigenvalue weighted by atomic mass is 19.4. The zero-order valence-electron chi connectivity index (χ0n) is 23.5. The van der Waals surface area contributed by atoms with Gasteiger partial charge in [0.25, 0.3) is 0 Å². The SMILES string of the molecule is C1CCC(NC2CCCCC2)CC1.O=C(N[C@@H](CCc1cc(F)c(C(F)(F)F)c(F)c1)C(=O)O)OCc1ccccc1. The van der Waals surface area contributed by atoms with Crippen LogP contribution in [0.3, 0.4) is 0 Å². The van der Waals surface area contributed by atoms with Gasteiger partial charge in [-0.1, -0.05) is 68.9 Å². The molecule has 0 heterocycles. The van der Waals surface area contributed by atoms with E-state index in [1.165, 1.54) is 64.2 Å². The number of benzene rings is 2. The molecule has 1 atom stereocenters. The van der Waals surface area contributed by atoms with Gasteiger partial charge in [-0.25, -0.2) is 18.4 Å². The molecule has 2 aromatic rings. The minimum atomic E-state index is -5.19. The molecule has 2 aliphatic carbocycles. The molecule has 3 N–H and O–H groups in total. The fraction of sp³-hybridized carbons (Fsp3) is 0.548. The topological polar surface area (TPSA) is 87.7 Å². The van der Waals surface area contributed by atoms with E-state index in [-0.39, 0.29) is 25.0 Å². The first-order valence-corrected chi connectivity index (χ1v) is 14.5. The molecule has 42 heavy (non-hydrogen) atoms. The Kier molecular flexibility index (Phi) is 13.0. The van der Waals surface area contributed by atoms with Crippen molar-refractivity contribution in [3.63, 3.8) is 0 Å². The number of nitrogens with one attached hydrogen (secondary N) is 2. The number of alkyl halides is 3. The van der Waals surface area contributed by atoms with E-state index in [4.69, 9.17) is 4.74 Å². The zero-order valence-corrected chi connectivity index (χ0v) is 23.5. The summed E-state index contributed by atoms with van der Waals surface area (Å²) in [6.45, 7) is -0.103. The van der Waals surface area contributed by atoms with Gasteiger partial charge in [-0.3, -0.25) is 0 Å². The molecular weight excluding hydrogens is 559 g/mol. The van der Waals surface area contributed by atoms with Gasteiger partial charge in [-0.05, 0) is 61.8 Å². The molecule has 1 amide bonds. The molecule has 4 rings (SSSR count). The molecular formula is C31H39F5N2O4. The maximum absolute atomic E-state index is 13.6. The largest absolute Gasteiger partial charge is 0.480 e. The van der Waals surface area contributed by atoms with Gasteiger partial charge in [-0.2, -0.15) is 13.2 Å². The van der Waals surface area contributed by atoms with E-state index in [0.717, 1.165) is 12.1 Å². The van der Waals surface area contributed by atoms with Crippen molar-refractivity contribution >= 4 is 12.1 Å². The molecule has 232 valence electrons. The summed E-state index contributed by atoms with van der Waals surface area (Å²) >= 11 is 0. The molecule has 11 heteroatoms. The molecule has 0 aromatic heterocycles. The van der Waals surface area contributed by atoms with E-state index in [1.54, 1.807) is 30.3 Å². The Morgan fingerprint density at radius 2 is 1.38 bits per heavy atom. The second kappa shape index (κ2) is 16.4. The highest BCUT2D eigenvalue weighted by molar-refractivity contribution is 5.79. The van der Waals surface area contributed by atoms with E-state index in [0.29, 0.717) is 17.7 Å². The van der Waals surface area contributed by atoms with E-state index >= 15 is 0 Å². The second-order valence-electron chi connectivity index (χ2n) is 10.9. The molecule has 0 aliphatic heterocycles. The molecule has 0 radical (unpaired) electrons. The lowest BCUT2D eigenvalue weighted by molar-refractivity contribution is -0.142. The number of carboxylic acid groups (broad SMARTS) is 1.